The van der Waals surface area contributed by atoms with E-state index in [1.807, 2.05) is 12.1 Å². The van der Waals surface area contributed by atoms with Crippen molar-refractivity contribution < 1.29 is 9.53 Å². The third-order valence-electron chi connectivity index (χ3n) is 4.81. The molecule has 1 atom stereocenters. The zero-order valence-electron chi connectivity index (χ0n) is 14.3. The maximum atomic E-state index is 12.3. The molecule has 0 radical (unpaired) electrons. The topological polar surface area (TPSA) is 70.2 Å². The minimum absolute atomic E-state index is 0.0169. The summed E-state index contributed by atoms with van der Waals surface area (Å²) < 4.78 is 5.80. The maximum absolute atomic E-state index is 12.3. The number of carbonyl (C=O) groups excluding carboxylic acids is 1. The highest BCUT2D eigenvalue weighted by molar-refractivity contribution is 5.92. The molecule has 2 N–H and O–H groups in total. The van der Waals surface area contributed by atoms with Crippen LogP contribution in [0.25, 0.3) is 0 Å². The lowest BCUT2D eigenvalue weighted by molar-refractivity contribution is -0.0292. The number of H-pyrrole nitrogens is 1. The van der Waals surface area contributed by atoms with Crippen molar-refractivity contribution in [3.05, 3.63) is 53.3 Å². The van der Waals surface area contributed by atoms with Crippen LogP contribution in [0, 0.1) is 0 Å². The summed E-state index contributed by atoms with van der Waals surface area (Å²) in [6.07, 6.45) is 2.40. The fourth-order valence-electron chi connectivity index (χ4n) is 3.24. The van der Waals surface area contributed by atoms with E-state index < -0.39 is 0 Å². The molecule has 1 saturated heterocycles. The molecule has 0 spiro atoms. The van der Waals surface area contributed by atoms with Crippen LogP contribution >= 0.6 is 0 Å². The smallest absolute Gasteiger partial charge is 0.271 e. The van der Waals surface area contributed by atoms with Crippen molar-refractivity contribution in [3.63, 3.8) is 0 Å². The molecule has 4 rings (SSSR count). The Labute approximate surface area is 147 Å². The van der Waals surface area contributed by atoms with Crippen LogP contribution in [0.15, 0.2) is 36.4 Å². The van der Waals surface area contributed by atoms with Gasteiger partial charge in [0.1, 0.15) is 5.69 Å². The van der Waals surface area contributed by atoms with Crippen LogP contribution in [0.3, 0.4) is 0 Å². The molecule has 1 unspecified atom stereocenters. The Morgan fingerprint density at radius 2 is 2.16 bits per heavy atom. The summed E-state index contributed by atoms with van der Waals surface area (Å²) >= 11 is 0. The highest BCUT2D eigenvalue weighted by Crippen LogP contribution is 2.38. The van der Waals surface area contributed by atoms with E-state index in [0.717, 1.165) is 25.3 Å². The number of hydrogen-bond donors (Lipinski definition) is 2. The van der Waals surface area contributed by atoms with E-state index in [-0.39, 0.29) is 12.0 Å². The molecule has 6 heteroatoms. The summed E-state index contributed by atoms with van der Waals surface area (Å²) in [5, 5.41) is 10.0. The van der Waals surface area contributed by atoms with Crippen molar-refractivity contribution >= 4 is 5.91 Å². The molecule has 6 nitrogen and oxygen atoms in total. The average Bonchev–Trinajstić information content (AvgIpc) is 3.38. The number of nitrogens with one attached hydrogen (secondary N) is 2. The minimum Gasteiger partial charge on any atom is -0.374 e. The van der Waals surface area contributed by atoms with E-state index in [4.69, 9.17) is 4.74 Å². The highest BCUT2D eigenvalue weighted by Gasteiger charge is 2.27. The molecule has 1 aliphatic carbocycles. The van der Waals surface area contributed by atoms with Crippen molar-refractivity contribution in [1.82, 2.24) is 20.4 Å². The summed E-state index contributed by atoms with van der Waals surface area (Å²) in [7, 11) is 0. The van der Waals surface area contributed by atoms with E-state index in [1.165, 1.54) is 18.4 Å². The first-order valence-electron chi connectivity index (χ1n) is 8.99. The van der Waals surface area contributed by atoms with Gasteiger partial charge in [-0.05, 0) is 24.5 Å². The van der Waals surface area contributed by atoms with Crippen LogP contribution < -0.4 is 5.32 Å². The van der Waals surface area contributed by atoms with Crippen LogP contribution in [-0.2, 0) is 11.3 Å². The van der Waals surface area contributed by atoms with Gasteiger partial charge in [0, 0.05) is 37.8 Å². The lowest BCUT2D eigenvalue weighted by Gasteiger charge is -2.33. The van der Waals surface area contributed by atoms with Gasteiger partial charge in [-0.1, -0.05) is 30.3 Å². The predicted octanol–water partition coefficient (Wildman–Crippen LogP) is 1.92. The number of ether oxygens (including phenoxy) is 1. The molecule has 25 heavy (non-hydrogen) atoms. The highest BCUT2D eigenvalue weighted by atomic mass is 16.5. The third-order valence-corrected chi connectivity index (χ3v) is 4.81. The second-order valence-corrected chi connectivity index (χ2v) is 6.91. The van der Waals surface area contributed by atoms with Crippen LogP contribution in [0.4, 0.5) is 0 Å². The van der Waals surface area contributed by atoms with E-state index in [0.29, 0.717) is 24.8 Å². The number of rotatable bonds is 6. The van der Waals surface area contributed by atoms with Gasteiger partial charge in [0.25, 0.3) is 5.91 Å². The Morgan fingerprint density at radius 3 is 2.96 bits per heavy atom. The summed E-state index contributed by atoms with van der Waals surface area (Å²) in [6, 6.07) is 12.3. The molecule has 1 aromatic heterocycles. The second kappa shape index (κ2) is 7.37. The Morgan fingerprint density at radius 1 is 1.32 bits per heavy atom. The minimum atomic E-state index is -0.132. The number of morpholine rings is 1. The number of nitrogens with zero attached hydrogens (tertiary/aromatic N) is 2. The molecule has 132 valence electrons. The quantitative estimate of drug-likeness (QED) is 0.843. The molecule has 1 amide bonds. The van der Waals surface area contributed by atoms with Gasteiger partial charge < -0.3 is 10.1 Å². The Hall–Kier alpha value is -2.18. The lowest BCUT2D eigenvalue weighted by atomic mass is 10.2. The molecule has 2 aromatic rings. The van der Waals surface area contributed by atoms with E-state index in [9.17, 15) is 4.79 Å². The lowest BCUT2D eigenvalue weighted by Crippen LogP contribution is -2.47. The van der Waals surface area contributed by atoms with Gasteiger partial charge in [0.2, 0.25) is 0 Å². The number of carbonyl (C=O) groups is 1. The summed E-state index contributed by atoms with van der Waals surface area (Å²) in [4.78, 5) is 14.6. The normalized spacial score (nSPS) is 21.2. The fraction of sp³-hybridized carbons (Fsp3) is 0.474. The SMILES string of the molecule is O=C(NCC1CN(Cc2ccccc2)CCO1)c1cc(C2CC2)[nH]n1. The average molecular weight is 340 g/mol. The standard InChI is InChI=1S/C19H24N4O2/c24-19(18-10-17(21-22-18)15-6-7-15)20-11-16-13-23(8-9-25-16)12-14-4-2-1-3-5-14/h1-5,10,15-16H,6-9,11-13H2,(H,20,24)(H,21,22). The van der Waals surface area contributed by atoms with Gasteiger partial charge in [-0.25, -0.2) is 0 Å². The monoisotopic (exact) mass is 340 g/mol. The van der Waals surface area contributed by atoms with Crippen molar-refractivity contribution in [1.29, 1.82) is 0 Å². The number of amides is 1. The van der Waals surface area contributed by atoms with Crippen LogP contribution in [0.2, 0.25) is 0 Å². The summed E-state index contributed by atoms with van der Waals surface area (Å²) in [6.45, 7) is 3.86. The van der Waals surface area contributed by atoms with Crippen molar-refractivity contribution in [2.24, 2.45) is 0 Å². The van der Waals surface area contributed by atoms with Crippen LogP contribution in [-0.4, -0.2) is 53.3 Å². The van der Waals surface area contributed by atoms with E-state index >= 15 is 0 Å². The zero-order valence-corrected chi connectivity index (χ0v) is 14.3. The van der Waals surface area contributed by atoms with Gasteiger partial charge in [0.15, 0.2) is 0 Å². The first kappa shape index (κ1) is 16.3. The maximum Gasteiger partial charge on any atom is 0.271 e. The number of hydrogen-bond acceptors (Lipinski definition) is 4. The molecule has 2 heterocycles. The Kier molecular flexibility index (Phi) is 4.81. The van der Waals surface area contributed by atoms with E-state index in [1.54, 1.807) is 0 Å². The zero-order chi connectivity index (χ0) is 17.1. The summed E-state index contributed by atoms with van der Waals surface area (Å²) in [5.74, 6) is 0.439. The number of benzene rings is 1. The van der Waals surface area contributed by atoms with Crippen molar-refractivity contribution in [2.75, 3.05) is 26.2 Å². The second-order valence-electron chi connectivity index (χ2n) is 6.91. The van der Waals surface area contributed by atoms with Gasteiger partial charge in [-0.2, -0.15) is 5.10 Å². The van der Waals surface area contributed by atoms with Crippen molar-refractivity contribution in [3.8, 4) is 0 Å². The molecule has 1 aromatic carbocycles. The molecule has 1 aliphatic heterocycles. The number of aromatic amines is 1. The van der Waals surface area contributed by atoms with Crippen LogP contribution in [0.1, 0.15) is 40.5 Å². The van der Waals surface area contributed by atoms with E-state index in [2.05, 4.69) is 44.7 Å². The molecular weight excluding hydrogens is 316 g/mol. The Balaban J connectivity index is 1.26. The first-order chi connectivity index (χ1) is 12.3. The Bertz CT molecular complexity index is 711. The van der Waals surface area contributed by atoms with Gasteiger partial charge in [-0.3, -0.25) is 14.8 Å². The van der Waals surface area contributed by atoms with Crippen molar-refractivity contribution in [2.45, 2.75) is 31.4 Å². The molecule has 0 bridgehead atoms. The number of aromatic nitrogens is 2. The first-order valence-corrected chi connectivity index (χ1v) is 8.99. The molecule has 2 fully saturated rings. The summed E-state index contributed by atoms with van der Waals surface area (Å²) in [5.41, 5.74) is 2.85. The van der Waals surface area contributed by atoms with Gasteiger partial charge in [0.05, 0.1) is 12.7 Å². The third kappa shape index (κ3) is 4.27. The largest absolute Gasteiger partial charge is 0.374 e. The molecule has 2 aliphatic rings. The molecular formula is C19H24N4O2. The predicted molar refractivity (Wildman–Crippen MR) is 94.4 cm³/mol. The molecule has 1 saturated carbocycles. The van der Waals surface area contributed by atoms with Crippen LogP contribution in [0.5, 0.6) is 0 Å². The van der Waals surface area contributed by atoms with Gasteiger partial charge >= 0.3 is 0 Å². The fourth-order valence-corrected chi connectivity index (χ4v) is 3.24. The van der Waals surface area contributed by atoms with Gasteiger partial charge in [-0.15, -0.1) is 0 Å².